The van der Waals surface area contributed by atoms with Gasteiger partial charge in [0.25, 0.3) is 0 Å². The Bertz CT molecular complexity index is 467. The van der Waals surface area contributed by atoms with Crippen LogP contribution in [-0.4, -0.2) is 77.0 Å². The number of rotatable bonds is 5. The van der Waals surface area contributed by atoms with Crippen LogP contribution in [-0.2, 0) is 9.53 Å². The summed E-state index contributed by atoms with van der Waals surface area (Å²) in [5.41, 5.74) is 0. The standard InChI is InChI=1S/C18H33FN2O5/c1-9(2)13(17-16(24)15(23)14(22)10(3)26-17)21-18(25)12-5-4-11(8-19)6-7-20-12/h9-17,20,22-24H,4-8H2,1-3H3,(H,21,25)/t10?,11-,12?,13?,14?,15?,16?,17?/m1/s1. The Balaban J connectivity index is 2.04. The maximum absolute atomic E-state index is 12.9. The highest BCUT2D eigenvalue weighted by molar-refractivity contribution is 5.82. The lowest BCUT2D eigenvalue weighted by Crippen LogP contribution is -2.64. The minimum absolute atomic E-state index is 0.0119. The molecule has 0 aliphatic carbocycles. The Morgan fingerprint density at radius 2 is 1.88 bits per heavy atom. The largest absolute Gasteiger partial charge is 0.388 e. The quantitative estimate of drug-likeness (QED) is 0.452. The second-order valence-electron chi connectivity index (χ2n) is 7.95. The number of hydrogen-bond acceptors (Lipinski definition) is 6. The topological polar surface area (TPSA) is 111 Å². The monoisotopic (exact) mass is 376 g/mol. The van der Waals surface area contributed by atoms with E-state index >= 15 is 0 Å². The molecular formula is C18H33FN2O5. The van der Waals surface area contributed by atoms with E-state index in [-0.39, 0.29) is 24.4 Å². The van der Waals surface area contributed by atoms with Crippen molar-refractivity contribution >= 4 is 5.91 Å². The molecule has 152 valence electrons. The van der Waals surface area contributed by atoms with Crippen molar-refractivity contribution in [3.63, 3.8) is 0 Å². The van der Waals surface area contributed by atoms with Gasteiger partial charge in [-0.3, -0.25) is 9.18 Å². The molecule has 0 aromatic rings. The molecule has 2 saturated heterocycles. The molecule has 7 nitrogen and oxygen atoms in total. The molecule has 0 aromatic heterocycles. The normalized spacial score (nSPS) is 40.1. The number of aliphatic hydroxyl groups excluding tert-OH is 3. The van der Waals surface area contributed by atoms with E-state index in [4.69, 9.17) is 4.74 Å². The zero-order valence-corrected chi connectivity index (χ0v) is 15.8. The number of ether oxygens (including phenoxy) is 1. The lowest BCUT2D eigenvalue weighted by molar-refractivity contribution is -0.226. The Morgan fingerprint density at radius 3 is 2.50 bits per heavy atom. The maximum atomic E-state index is 12.9. The average molecular weight is 376 g/mol. The first-order chi connectivity index (χ1) is 12.3. The van der Waals surface area contributed by atoms with E-state index in [0.717, 1.165) is 0 Å². The highest BCUT2D eigenvalue weighted by Crippen LogP contribution is 2.26. The molecule has 8 atom stereocenters. The predicted octanol–water partition coefficient (Wildman–Crippen LogP) is -0.275. The molecule has 8 heteroatoms. The summed E-state index contributed by atoms with van der Waals surface area (Å²) in [5.74, 6) is -0.285. The number of amides is 1. The first-order valence-electron chi connectivity index (χ1n) is 9.55. The summed E-state index contributed by atoms with van der Waals surface area (Å²) in [6, 6.07) is -0.939. The zero-order valence-electron chi connectivity index (χ0n) is 15.8. The highest BCUT2D eigenvalue weighted by Gasteiger charge is 2.46. The van der Waals surface area contributed by atoms with E-state index in [1.807, 2.05) is 13.8 Å². The summed E-state index contributed by atoms with van der Waals surface area (Å²) in [7, 11) is 0. The van der Waals surface area contributed by atoms with Crippen molar-refractivity contribution in [2.24, 2.45) is 11.8 Å². The lowest BCUT2D eigenvalue weighted by atomic mass is 9.87. The number of carbonyl (C=O) groups is 1. The third kappa shape index (κ3) is 4.92. The summed E-state index contributed by atoms with van der Waals surface area (Å²) >= 11 is 0. The third-order valence-corrected chi connectivity index (χ3v) is 5.61. The molecular weight excluding hydrogens is 343 g/mol. The molecule has 26 heavy (non-hydrogen) atoms. The van der Waals surface area contributed by atoms with E-state index in [9.17, 15) is 24.5 Å². The van der Waals surface area contributed by atoms with Gasteiger partial charge in [0.15, 0.2) is 0 Å². The van der Waals surface area contributed by atoms with E-state index in [1.54, 1.807) is 6.92 Å². The van der Waals surface area contributed by atoms with Gasteiger partial charge in [-0.25, -0.2) is 0 Å². The van der Waals surface area contributed by atoms with Crippen LogP contribution in [0, 0.1) is 11.8 Å². The van der Waals surface area contributed by atoms with Gasteiger partial charge in [0.2, 0.25) is 5.91 Å². The first kappa shape index (κ1) is 21.5. The summed E-state index contributed by atoms with van der Waals surface area (Å²) in [6.07, 6.45) is -3.37. The van der Waals surface area contributed by atoms with Crippen LogP contribution in [0.5, 0.6) is 0 Å². The lowest BCUT2D eigenvalue weighted by Gasteiger charge is -2.44. The Kier molecular flexibility index (Phi) is 7.78. The SMILES string of the molecule is CC(C)C(NC(=O)C1CC[C@@H](CF)CCN1)C1OC(C)C(O)C(O)C1O. The van der Waals surface area contributed by atoms with Gasteiger partial charge in [-0.15, -0.1) is 0 Å². The summed E-state index contributed by atoms with van der Waals surface area (Å²) in [6.45, 7) is 5.62. The van der Waals surface area contributed by atoms with Crippen molar-refractivity contribution in [2.75, 3.05) is 13.2 Å². The molecule has 7 unspecified atom stereocenters. The van der Waals surface area contributed by atoms with Gasteiger partial charge in [0.05, 0.1) is 24.9 Å². The average Bonchev–Trinajstić information content (AvgIpc) is 2.86. The molecule has 2 aliphatic heterocycles. The smallest absolute Gasteiger partial charge is 0.237 e. The molecule has 0 saturated carbocycles. The van der Waals surface area contributed by atoms with E-state index in [0.29, 0.717) is 25.8 Å². The van der Waals surface area contributed by atoms with Crippen LogP contribution < -0.4 is 10.6 Å². The van der Waals surface area contributed by atoms with Crippen molar-refractivity contribution in [2.45, 2.75) is 82.6 Å². The number of alkyl halides is 1. The van der Waals surface area contributed by atoms with Crippen LogP contribution in [0.25, 0.3) is 0 Å². The minimum Gasteiger partial charge on any atom is -0.388 e. The molecule has 5 N–H and O–H groups in total. The minimum atomic E-state index is -1.33. The second kappa shape index (κ2) is 9.41. The van der Waals surface area contributed by atoms with E-state index < -0.39 is 42.6 Å². The first-order valence-corrected chi connectivity index (χ1v) is 9.55. The number of hydrogen-bond donors (Lipinski definition) is 5. The van der Waals surface area contributed by atoms with Crippen LogP contribution >= 0.6 is 0 Å². The van der Waals surface area contributed by atoms with Crippen LogP contribution in [0.3, 0.4) is 0 Å². The third-order valence-electron chi connectivity index (χ3n) is 5.61. The van der Waals surface area contributed by atoms with Gasteiger partial charge in [-0.2, -0.15) is 0 Å². The van der Waals surface area contributed by atoms with Crippen LogP contribution in [0.1, 0.15) is 40.0 Å². The van der Waals surface area contributed by atoms with Crippen molar-refractivity contribution in [3.05, 3.63) is 0 Å². The number of carbonyl (C=O) groups excluding carboxylic acids is 1. The van der Waals surface area contributed by atoms with Gasteiger partial charge in [-0.05, 0) is 44.6 Å². The van der Waals surface area contributed by atoms with Crippen molar-refractivity contribution in [1.82, 2.24) is 10.6 Å². The summed E-state index contributed by atoms with van der Waals surface area (Å²) in [4.78, 5) is 12.7. The Morgan fingerprint density at radius 1 is 1.19 bits per heavy atom. The van der Waals surface area contributed by atoms with Crippen LogP contribution in [0.15, 0.2) is 0 Å². The maximum Gasteiger partial charge on any atom is 0.237 e. The van der Waals surface area contributed by atoms with Gasteiger partial charge in [0.1, 0.15) is 24.4 Å². The predicted molar refractivity (Wildman–Crippen MR) is 94.2 cm³/mol. The van der Waals surface area contributed by atoms with E-state index in [1.165, 1.54) is 0 Å². The van der Waals surface area contributed by atoms with Crippen LogP contribution in [0.4, 0.5) is 4.39 Å². The zero-order chi connectivity index (χ0) is 19.4. The highest BCUT2D eigenvalue weighted by atomic mass is 19.1. The number of aliphatic hydroxyl groups is 3. The molecule has 0 aromatic carbocycles. The van der Waals surface area contributed by atoms with E-state index in [2.05, 4.69) is 10.6 Å². The van der Waals surface area contributed by atoms with Gasteiger partial charge < -0.3 is 30.7 Å². The van der Waals surface area contributed by atoms with Gasteiger partial charge in [0, 0.05) is 0 Å². The Labute approximate surface area is 154 Å². The fourth-order valence-electron chi connectivity index (χ4n) is 3.76. The fraction of sp³-hybridized carbons (Fsp3) is 0.944. The van der Waals surface area contributed by atoms with Crippen molar-refractivity contribution in [3.8, 4) is 0 Å². The summed E-state index contributed by atoms with van der Waals surface area (Å²) in [5, 5.41) is 36.3. The van der Waals surface area contributed by atoms with Crippen molar-refractivity contribution in [1.29, 1.82) is 0 Å². The molecule has 0 radical (unpaired) electrons. The van der Waals surface area contributed by atoms with Crippen LogP contribution in [0.2, 0.25) is 0 Å². The number of nitrogens with one attached hydrogen (secondary N) is 2. The Hall–Kier alpha value is -0.800. The molecule has 2 fully saturated rings. The van der Waals surface area contributed by atoms with Gasteiger partial charge >= 0.3 is 0 Å². The van der Waals surface area contributed by atoms with Gasteiger partial charge in [-0.1, -0.05) is 13.8 Å². The molecule has 1 amide bonds. The second-order valence-corrected chi connectivity index (χ2v) is 7.95. The number of halogens is 1. The fourth-order valence-corrected chi connectivity index (χ4v) is 3.76. The summed E-state index contributed by atoms with van der Waals surface area (Å²) < 4.78 is 18.6. The molecule has 0 spiro atoms. The van der Waals surface area contributed by atoms with Crippen molar-refractivity contribution < 1.29 is 29.2 Å². The molecule has 2 aliphatic rings. The molecule has 2 rings (SSSR count). The molecule has 0 bridgehead atoms. The molecule has 2 heterocycles.